The van der Waals surface area contributed by atoms with Crippen molar-refractivity contribution in [3.05, 3.63) is 100 Å². The number of H-pyrrole nitrogens is 1. The zero-order valence-electron chi connectivity index (χ0n) is 26.1. The minimum atomic E-state index is -1.24. The van der Waals surface area contributed by atoms with Crippen LogP contribution in [-0.2, 0) is 9.59 Å². The fourth-order valence-corrected chi connectivity index (χ4v) is 6.13. The molecular formula is C35H34ClN5O6. The molecule has 1 fully saturated rings. The summed E-state index contributed by atoms with van der Waals surface area (Å²) >= 11 is 6.30. The van der Waals surface area contributed by atoms with Gasteiger partial charge in [-0.25, -0.2) is 4.79 Å². The SMILES string of the molecule is CC(C)(C)Oc1cc(C(=O)CC(=O)O)ccc1C1=NC(c2c[nH]c3ccccc23)C(c2ccc(Cl)cc2)N1C(=O)N1CCNC(=O)C1. The second-order valence-corrected chi connectivity index (χ2v) is 13.0. The van der Waals surface area contributed by atoms with Gasteiger partial charge >= 0.3 is 12.0 Å². The van der Waals surface area contributed by atoms with Crippen LogP contribution >= 0.6 is 11.6 Å². The number of amidine groups is 1. The van der Waals surface area contributed by atoms with E-state index in [0.717, 1.165) is 22.0 Å². The second-order valence-electron chi connectivity index (χ2n) is 12.5. The van der Waals surface area contributed by atoms with E-state index in [9.17, 15) is 24.3 Å². The molecule has 11 nitrogen and oxygen atoms in total. The molecule has 3 amide bonds. The number of para-hydroxylation sites is 1. The number of fused-ring (bicyclic) bond motifs is 1. The number of aliphatic imine (C=N–C) groups is 1. The third kappa shape index (κ3) is 6.57. The largest absolute Gasteiger partial charge is 0.487 e. The molecule has 6 rings (SSSR count). The first kappa shape index (κ1) is 31.8. The Morgan fingerprint density at radius 3 is 2.51 bits per heavy atom. The minimum Gasteiger partial charge on any atom is -0.487 e. The highest BCUT2D eigenvalue weighted by Gasteiger charge is 2.46. The molecule has 47 heavy (non-hydrogen) atoms. The number of carboxylic acid groups (broad SMARTS) is 1. The number of nitrogens with zero attached hydrogens (tertiary/aromatic N) is 3. The Kier molecular flexibility index (Phi) is 8.50. The number of halogens is 1. The number of ether oxygens (including phenoxy) is 1. The number of aromatic nitrogens is 1. The Morgan fingerprint density at radius 1 is 1.06 bits per heavy atom. The monoisotopic (exact) mass is 655 g/mol. The van der Waals surface area contributed by atoms with Crippen molar-refractivity contribution in [1.29, 1.82) is 0 Å². The van der Waals surface area contributed by atoms with E-state index in [1.165, 1.54) is 17.0 Å². The van der Waals surface area contributed by atoms with Gasteiger partial charge in [-0.1, -0.05) is 48.0 Å². The number of urea groups is 1. The number of aliphatic carboxylic acids is 1. The van der Waals surface area contributed by atoms with Gasteiger partial charge in [0, 0.05) is 46.3 Å². The van der Waals surface area contributed by atoms with Crippen LogP contribution in [0.5, 0.6) is 5.75 Å². The van der Waals surface area contributed by atoms with Gasteiger partial charge in [0.1, 0.15) is 36.2 Å². The van der Waals surface area contributed by atoms with Crippen molar-refractivity contribution >= 4 is 52.0 Å². The van der Waals surface area contributed by atoms with Gasteiger partial charge in [0.05, 0.1) is 11.6 Å². The topological polar surface area (TPSA) is 144 Å². The van der Waals surface area contributed by atoms with Gasteiger partial charge in [-0.15, -0.1) is 0 Å². The van der Waals surface area contributed by atoms with Gasteiger partial charge in [0.15, 0.2) is 5.78 Å². The molecule has 0 bridgehead atoms. The number of ketones is 1. The van der Waals surface area contributed by atoms with Gasteiger partial charge in [0.2, 0.25) is 5.91 Å². The predicted molar refractivity (Wildman–Crippen MR) is 177 cm³/mol. The summed E-state index contributed by atoms with van der Waals surface area (Å²) < 4.78 is 6.36. The Balaban J connectivity index is 1.58. The van der Waals surface area contributed by atoms with Crippen LogP contribution in [0.3, 0.4) is 0 Å². The zero-order chi connectivity index (χ0) is 33.5. The lowest BCUT2D eigenvalue weighted by molar-refractivity contribution is -0.136. The molecule has 12 heteroatoms. The third-order valence-electron chi connectivity index (χ3n) is 8.01. The highest BCUT2D eigenvalue weighted by Crippen LogP contribution is 2.47. The molecule has 0 aliphatic carbocycles. The number of carboxylic acids is 1. The maximum Gasteiger partial charge on any atom is 0.326 e. The summed E-state index contributed by atoms with van der Waals surface area (Å²) in [5.41, 5.74) is 2.39. The number of piperazine rings is 1. The molecule has 2 atom stereocenters. The van der Waals surface area contributed by atoms with E-state index in [1.807, 2.05) is 63.4 Å². The fraction of sp³-hybridized carbons (Fsp3) is 0.286. The third-order valence-corrected chi connectivity index (χ3v) is 8.26. The highest BCUT2D eigenvalue weighted by molar-refractivity contribution is 6.30. The summed E-state index contributed by atoms with van der Waals surface area (Å²) in [5.74, 6) is -1.55. The number of amides is 3. The average molecular weight is 656 g/mol. The lowest BCUT2D eigenvalue weighted by Gasteiger charge is -2.36. The maximum absolute atomic E-state index is 14.6. The first-order valence-corrected chi connectivity index (χ1v) is 15.6. The molecule has 1 saturated heterocycles. The van der Waals surface area contributed by atoms with Crippen molar-refractivity contribution in [3.8, 4) is 5.75 Å². The number of hydrogen-bond acceptors (Lipinski definition) is 6. The number of benzene rings is 3. The van der Waals surface area contributed by atoms with Gasteiger partial charge in [-0.2, -0.15) is 0 Å². The lowest BCUT2D eigenvalue weighted by atomic mass is 9.93. The van der Waals surface area contributed by atoms with Gasteiger partial charge in [-0.05, 0) is 56.7 Å². The summed E-state index contributed by atoms with van der Waals surface area (Å²) in [6.07, 6.45) is 1.21. The molecule has 2 aliphatic rings. The van der Waals surface area contributed by atoms with Crippen LogP contribution < -0.4 is 10.1 Å². The van der Waals surface area contributed by atoms with E-state index >= 15 is 0 Å². The first-order valence-electron chi connectivity index (χ1n) is 15.2. The molecule has 1 aromatic heterocycles. The number of nitrogens with one attached hydrogen (secondary N) is 2. The Hall–Kier alpha value is -5.16. The van der Waals surface area contributed by atoms with Gasteiger partial charge in [-0.3, -0.25) is 24.3 Å². The van der Waals surface area contributed by atoms with Crippen molar-refractivity contribution < 1.29 is 29.0 Å². The molecule has 0 radical (unpaired) electrons. The van der Waals surface area contributed by atoms with Crippen LogP contribution in [0.4, 0.5) is 4.79 Å². The highest BCUT2D eigenvalue weighted by atomic mass is 35.5. The summed E-state index contributed by atoms with van der Waals surface area (Å²) in [4.78, 5) is 62.9. The van der Waals surface area contributed by atoms with E-state index < -0.39 is 41.9 Å². The molecule has 0 saturated carbocycles. The van der Waals surface area contributed by atoms with Gasteiger partial charge in [0.25, 0.3) is 0 Å². The number of hydrogen-bond donors (Lipinski definition) is 3. The van der Waals surface area contributed by atoms with Crippen LogP contribution in [0.25, 0.3) is 10.9 Å². The quantitative estimate of drug-likeness (QED) is 0.171. The fourth-order valence-electron chi connectivity index (χ4n) is 6.00. The lowest BCUT2D eigenvalue weighted by Crippen LogP contribution is -2.55. The van der Waals surface area contributed by atoms with Crippen molar-refractivity contribution in [2.24, 2.45) is 4.99 Å². The molecular weight excluding hydrogens is 622 g/mol. The summed E-state index contributed by atoms with van der Waals surface area (Å²) in [6.45, 7) is 6.02. The van der Waals surface area contributed by atoms with Crippen LogP contribution in [-0.4, -0.2) is 74.7 Å². The van der Waals surface area contributed by atoms with E-state index in [1.54, 1.807) is 23.1 Å². The summed E-state index contributed by atoms with van der Waals surface area (Å²) in [5, 5.41) is 13.5. The Bertz CT molecular complexity index is 1910. The van der Waals surface area contributed by atoms with Crippen molar-refractivity contribution in [3.63, 3.8) is 0 Å². The average Bonchev–Trinajstić information content (AvgIpc) is 3.62. The first-order chi connectivity index (χ1) is 22.4. The zero-order valence-corrected chi connectivity index (χ0v) is 26.9. The smallest absolute Gasteiger partial charge is 0.326 e. The van der Waals surface area contributed by atoms with Crippen LogP contribution in [0.2, 0.25) is 5.02 Å². The number of rotatable bonds is 7. The van der Waals surface area contributed by atoms with Crippen LogP contribution in [0.15, 0.2) is 77.9 Å². The molecule has 2 aliphatic heterocycles. The van der Waals surface area contributed by atoms with Crippen molar-refractivity contribution in [1.82, 2.24) is 20.1 Å². The molecule has 3 N–H and O–H groups in total. The number of carbonyl (C=O) groups excluding carboxylic acids is 3. The summed E-state index contributed by atoms with van der Waals surface area (Å²) in [6, 6.07) is 18.0. The van der Waals surface area contributed by atoms with Gasteiger partial charge < -0.3 is 25.0 Å². The normalized spacial score (nSPS) is 18.2. The van der Waals surface area contributed by atoms with Crippen molar-refractivity contribution in [2.45, 2.75) is 44.9 Å². The molecule has 4 aromatic rings. The standard InChI is InChI=1S/C35H34ClN5O6/c1-35(2,3)47-28-16-21(27(42)17-30(44)45)10-13-24(28)33-39-31(25-18-38-26-7-5-4-6-23(25)26)32(20-8-11-22(36)12-9-20)41(33)34(46)40-15-14-37-29(43)19-40/h4-13,16,18,31-32,38H,14-15,17,19H2,1-3H3,(H,37,43)(H,44,45). The molecule has 2 unspecified atom stereocenters. The van der Waals surface area contributed by atoms with E-state index in [-0.39, 0.29) is 29.6 Å². The predicted octanol–water partition coefficient (Wildman–Crippen LogP) is 5.75. The van der Waals surface area contributed by atoms with E-state index in [0.29, 0.717) is 23.7 Å². The summed E-state index contributed by atoms with van der Waals surface area (Å²) in [7, 11) is 0. The van der Waals surface area contributed by atoms with Crippen molar-refractivity contribution in [2.75, 3.05) is 19.6 Å². The Morgan fingerprint density at radius 2 is 1.81 bits per heavy atom. The molecule has 3 aromatic carbocycles. The number of Topliss-reactive ketones (excluding diaryl/α,β-unsaturated/α-hetero) is 1. The molecule has 242 valence electrons. The van der Waals surface area contributed by atoms with E-state index in [4.69, 9.17) is 21.3 Å². The second kappa shape index (κ2) is 12.6. The number of aromatic amines is 1. The van der Waals surface area contributed by atoms with Crippen LogP contribution in [0.1, 0.15) is 66.3 Å². The molecule has 3 heterocycles. The molecule has 0 spiro atoms. The maximum atomic E-state index is 14.6. The minimum absolute atomic E-state index is 0.123. The number of carbonyl (C=O) groups is 4. The van der Waals surface area contributed by atoms with E-state index in [2.05, 4.69) is 10.3 Å². The Labute approximate surface area is 276 Å². The van der Waals surface area contributed by atoms with Crippen LogP contribution in [0, 0.1) is 0 Å².